The first-order valence-corrected chi connectivity index (χ1v) is 8.05. The van der Waals surface area contributed by atoms with Gasteiger partial charge in [0.05, 0.1) is 7.11 Å². The second-order valence-electron chi connectivity index (χ2n) is 6.47. The third-order valence-electron chi connectivity index (χ3n) is 4.35. The van der Waals surface area contributed by atoms with Crippen molar-refractivity contribution in [2.75, 3.05) is 26.9 Å². The summed E-state index contributed by atoms with van der Waals surface area (Å²) in [5, 5.41) is 3.12. The van der Waals surface area contributed by atoms with Gasteiger partial charge in [0.1, 0.15) is 5.75 Å². The van der Waals surface area contributed by atoms with Crippen LogP contribution in [0.4, 0.5) is 0 Å². The maximum atomic E-state index is 12.1. The van der Waals surface area contributed by atoms with Gasteiger partial charge in [-0.05, 0) is 24.8 Å². The van der Waals surface area contributed by atoms with Gasteiger partial charge in [-0.3, -0.25) is 4.79 Å². The summed E-state index contributed by atoms with van der Waals surface area (Å²) in [7, 11) is 1.70. The first-order valence-electron chi connectivity index (χ1n) is 8.05. The Bertz CT molecular complexity index is 493. The minimum absolute atomic E-state index is 0.0997. The van der Waals surface area contributed by atoms with Crippen molar-refractivity contribution in [3.05, 3.63) is 29.8 Å². The van der Waals surface area contributed by atoms with E-state index in [0.717, 1.165) is 31.8 Å². The van der Waals surface area contributed by atoms with Gasteiger partial charge in [0.25, 0.3) is 0 Å². The first kappa shape index (κ1) is 16.8. The second-order valence-corrected chi connectivity index (χ2v) is 6.47. The number of amides is 1. The molecule has 1 fully saturated rings. The standard InChI is InChI=1S/C18H27NO3/c1-14(2)12-17(20)19-13-18(8-10-22-11-9-18)15-6-4-5-7-16(15)21-3/h4-7,14H,8-13H2,1-3H3,(H,19,20). The number of ether oxygens (including phenoxy) is 2. The maximum absolute atomic E-state index is 12.1. The Morgan fingerprint density at radius 2 is 2.00 bits per heavy atom. The molecule has 1 aliphatic heterocycles. The highest BCUT2D eigenvalue weighted by Gasteiger charge is 2.37. The van der Waals surface area contributed by atoms with Gasteiger partial charge in [-0.2, -0.15) is 0 Å². The van der Waals surface area contributed by atoms with E-state index in [1.54, 1.807) is 7.11 Å². The van der Waals surface area contributed by atoms with E-state index in [2.05, 4.69) is 25.2 Å². The fraction of sp³-hybridized carbons (Fsp3) is 0.611. The predicted molar refractivity (Wildman–Crippen MR) is 87.2 cm³/mol. The molecular formula is C18H27NO3. The van der Waals surface area contributed by atoms with Crippen molar-refractivity contribution in [1.29, 1.82) is 0 Å². The molecule has 2 rings (SSSR count). The third-order valence-corrected chi connectivity index (χ3v) is 4.35. The molecule has 0 unspecified atom stereocenters. The SMILES string of the molecule is COc1ccccc1C1(CNC(=O)CC(C)C)CCOCC1. The summed E-state index contributed by atoms with van der Waals surface area (Å²) >= 11 is 0. The lowest BCUT2D eigenvalue weighted by molar-refractivity contribution is -0.122. The summed E-state index contributed by atoms with van der Waals surface area (Å²) in [6, 6.07) is 8.11. The highest BCUT2D eigenvalue weighted by Crippen LogP contribution is 2.39. The van der Waals surface area contributed by atoms with Crippen LogP contribution in [0.25, 0.3) is 0 Å². The summed E-state index contributed by atoms with van der Waals surface area (Å²) in [4.78, 5) is 12.1. The molecule has 1 N–H and O–H groups in total. The van der Waals surface area contributed by atoms with Crippen LogP contribution in [0, 0.1) is 5.92 Å². The number of methoxy groups -OCH3 is 1. The number of carbonyl (C=O) groups excluding carboxylic acids is 1. The van der Waals surface area contributed by atoms with E-state index in [-0.39, 0.29) is 11.3 Å². The number of benzene rings is 1. The van der Waals surface area contributed by atoms with Crippen LogP contribution in [0.15, 0.2) is 24.3 Å². The van der Waals surface area contributed by atoms with E-state index in [4.69, 9.17) is 9.47 Å². The fourth-order valence-electron chi connectivity index (χ4n) is 3.10. The van der Waals surface area contributed by atoms with Crippen LogP contribution < -0.4 is 10.1 Å². The Hall–Kier alpha value is -1.55. The molecule has 0 radical (unpaired) electrons. The van der Waals surface area contributed by atoms with Gasteiger partial charge in [0.15, 0.2) is 0 Å². The lowest BCUT2D eigenvalue weighted by Gasteiger charge is -2.38. The molecule has 122 valence electrons. The third kappa shape index (κ3) is 4.01. The van der Waals surface area contributed by atoms with Crippen LogP contribution in [0.1, 0.15) is 38.7 Å². The zero-order valence-corrected chi connectivity index (χ0v) is 13.9. The predicted octanol–water partition coefficient (Wildman–Crippen LogP) is 2.91. The van der Waals surface area contributed by atoms with E-state index in [1.165, 1.54) is 5.56 Å². The zero-order chi connectivity index (χ0) is 16.0. The number of nitrogens with one attached hydrogen (secondary N) is 1. The number of para-hydroxylation sites is 1. The molecule has 1 aliphatic rings. The van der Waals surface area contributed by atoms with Crippen molar-refractivity contribution in [3.63, 3.8) is 0 Å². The molecular weight excluding hydrogens is 278 g/mol. The van der Waals surface area contributed by atoms with Gasteiger partial charge in [-0.1, -0.05) is 32.0 Å². The molecule has 0 spiro atoms. The molecule has 1 amide bonds. The second kappa shape index (κ2) is 7.63. The molecule has 22 heavy (non-hydrogen) atoms. The van der Waals surface area contributed by atoms with Gasteiger partial charge in [0, 0.05) is 37.2 Å². The number of hydrogen-bond acceptors (Lipinski definition) is 3. The summed E-state index contributed by atoms with van der Waals surface area (Å²) < 4.78 is 11.1. The smallest absolute Gasteiger partial charge is 0.220 e. The molecule has 0 bridgehead atoms. The summed E-state index contributed by atoms with van der Waals surface area (Å²) in [5.74, 6) is 1.38. The van der Waals surface area contributed by atoms with Crippen LogP contribution in [0.2, 0.25) is 0 Å². The number of rotatable bonds is 6. The van der Waals surface area contributed by atoms with Crippen molar-refractivity contribution in [3.8, 4) is 5.75 Å². The maximum Gasteiger partial charge on any atom is 0.220 e. The topological polar surface area (TPSA) is 47.6 Å². The van der Waals surface area contributed by atoms with Gasteiger partial charge >= 0.3 is 0 Å². The van der Waals surface area contributed by atoms with Crippen molar-refractivity contribution in [1.82, 2.24) is 5.32 Å². The van der Waals surface area contributed by atoms with Crippen LogP contribution >= 0.6 is 0 Å². The molecule has 4 heteroatoms. The average Bonchev–Trinajstić information content (AvgIpc) is 2.53. The molecule has 1 aromatic carbocycles. The largest absolute Gasteiger partial charge is 0.496 e. The molecule has 0 aromatic heterocycles. The van der Waals surface area contributed by atoms with Crippen molar-refractivity contribution >= 4 is 5.91 Å². The van der Waals surface area contributed by atoms with Gasteiger partial charge in [-0.15, -0.1) is 0 Å². The fourth-order valence-corrected chi connectivity index (χ4v) is 3.10. The van der Waals surface area contributed by atoms with Crippen molar-refractivity contribution in [2.24, 2.45) is 5.92 Å². The van der Waals surface area contributed by atoms with E-state index >= 15 is 0 Å². The molecule has 4 nitrogen and oxygen atoms in total. The van der Waals surface area contributed by atoms with Gasteiger partial charge < -0.3 is 14.8 Å². The highest BCUT2D eigenvalue weighted by atomic mass is 16.5. The quantitative estimate of drug-likeness (QED) is 0.879. The van der Waals surface area contributed by atoms with Crippen LogP contribution in [0.5, 0.6) is 5.75 Å². The van der Waals surface area contributed by atoms with Crippen molar-refractivity contribution in [2.45, 2.75) is 38.5 Å². The van der Waals surface area contributed by atoms with Crippen LogP contribution in [-0.2, 0) is 14.9 Å². The van der Waals surface area contributed by atoms with Crippen LogP contribution in [-0.4, -0.2) is 32.8 Å². The highest BCUT2D eigenvalue weighted by molar-refractivity contribution is 5.76. The molecule has 0 saturated carbocycles. The Kier molecular flexibility index (Phi) is 5.83. The average molecular weight is 305 g/mol. The Labute approximate surface area is 133 Å². The van der Waals surface area contributed by atoms with E-state index in [0.29, 0.717) is 18.9 Å². The Morgan fingerprint density at radius 1 is 1.32 bits per heavy atom. The summed E-state index contributed by atoms with van der Waals surface area (Å²) in [5.41, 5.74) is 1.07. The summed E-state index contributed by atoms with van der Waals surface area (Å²) in [6.07, 6.45) is 2.36. The first-order chi connectivity index (χ1) is 10.6. The van der Waals surface area contributed by atoms with Crippen LogP contribution in [0.3, 0.4) is 0 Å². The monoisotopic (exact) mass is 305 g/mol. The molecule has 1 aromatic rings. The number of carbonyl (C=O) groups is 1. The number of hydrogen-bond donors (Lipinski definition) is 1. The normalized spacial score (nSPS) is 17.3. The van der Waals surface area contributed by atoms with E-state index in [9.17, 15) is 4.79 Å². The molecule has 0 aliphatic carbocycles. The zero-order valence-electron chi connectivity index (χ0n) is 13.9. The molecule has 1 saturated heterocycles. The Morgan fingerprint density at radius 3 is 2.64 bits per heavy atom. The lowest BCUT2D eigenvalue weighted by atomic mass is 9.73. The Balaban J connectivity index is 2.19. The molecule has 0 atom stereocenters. The van der Waals surface area contributed by atoms with E-state index in [1.807, 2.05) is 18.2 Å². The van der Waals surface area contributed by atoms with Gasteiger partial charge in [-0.25, -0.2) is 0 Å². The summed E-state index contributed by atoms with van der Waals surface area (Å²) in [6.45, 7) is 6.20. The molecule has 1 heterocycles. The van der Waals surface area contributed by atoms with Gasteiger partial charge in [0.2, 0.25) is 5.91 Å². The minimum Gasteiger partial charge on any atom is -0.496 e. The van der Waals surface area contributed by atoms with E-state index < -0.39 is 0 Å². The minimum atomic E-state index is -0.0997. The lowest BCUT2D eigenvalue weighted by Crippen LogP contribution is -2.45. The van der Waals surface area contributed by atoms with Crippen molar-refractivity contribution < 1.29 is 14.3 Å².